The summed E-state index contributed by atoms with van der Waals surface area (Å²) in [4.78, 5) is 20.5. The molecule has 6 heteroatoms. The van der Waals surface area contributed by atoms with E-state index in [0.717, 1.165) is 48.9 Å². The molecule has 1 amide bonds. The van der Waals surface area contributed by atoms with Gasteiger partial charge in [0, 0.05) is 43.7 Å². The first-order valence-corrected chi connectivity index (χ1v) is 8.47. The summed E-state index contributed by atoms with van der Waals surface area (Å²) in [6, 6.07) is 6.39. The highest BCUT2D eigenvalue weighted by atomic mass is 16.5. The molecular weight excluding hydrogens is 306 g/mol. The van der Waals surface area contributed by atoms with Crippen LogP contribution in [0.5, 0.6) is 11.5 Å². The van der Waals surface area contributed by atoms with Crippen molar-refractivity contribution in [2.24, 2.45) is 0 Å². The third-order valence-corrected chi connectivity index (χ3v) is 5.02. The van der Waals surface area contributed by atoms with E-state index in [0.29, 0.717) is 11.4 Å². The Kier molecular flexibility index (Phi) is 3.84. The number of benzene rings is 1. The van der Waals surface area contributed by atoms with Gasteiger partial charge in [-0.05, 0) is 25.0 Å². The number of H-pyrrole nitrogens is 1. The lowest BCUT2D eigenvalue weighted by molar-refractivity contribution is 0.0622. The van der Waals surface area contributed by atoms with Gasteiger partial charge in [-0.1, -0.05) is 0 Å². The fourth-order valence-corrected chi connectivity index (χ4v) is 3.48. The molecule has 1 aliphatic heterocycles. The van der Waals surface area contributed by atoms with Gasteiger partial charge in [-0.2, -0.15) is 0 Å². The second-order valence-electron chi connectivity index (χ2n) is 6.54. The van der Waals surface area contributed by atoms with Gasteiger partial charge in [-0.3, -0.25) is 9.69 Å². The third kappa shape index (κ3) is 2.71. The van der Waals surface area contributed by atoms with Crippen LogP contribution in [0.4, 0.5) is 0 Å². The number of hydrogen-bond donors (Lipinski definition) is 1. The van der Waals surface area contributed by atoms with Crippen LogP contribution in [0.15, 0.2) is 18.2 Å². The Balaban J connectivity index is 1.56. The monoisotopic (exact) mass is 329 g/mol. The molecule has 2 aliphatic rings. The van der Waals surface area contributed by atoms with Crippen LogP contribution in [0, 0.1) is 0 Å². The van der Waals surface area contributed by atoms with Gasteiger partial charge in [0.05, 0.1) is 19.7 Å². The molecule has 1 saturated carbocycles. The van der Waals surface area contributed by atoms with Crippen LogP contribution in [-0.2, 0) is 0 Å². The molecule has 1 aromatic heterocycles. The molecule has 1 aliphatic carbocycles. The fraction of sp³-hybridized carbons (Fsp3) is 0.500. The largest absolute Gasteiger partial charge is 0.497 e. The van der Waals surface area contributed by atoms with Crippen molar-refractivity contribution in [2.45, 2.75) is 18.9 Å². The van der Waals surface area contributed by atoms with E-state index in [-0.39, 0.29) is 5.91 Å². The first-order valence-electron chi connectivity index (χ1n) is 8.47. The molecule has 1 aromatic carbocycles. The standard InChI is InChI=1S/C18H23N3O3/c1-23-14-9-12-10-15(19-17(12)16(11-14)24-2)18(22)21-7-5-20(6-8-21)13-3-4-13/h9-11,13,19H,3-8H2,1-2H3. The first-order chi connectivity index (χ1) is 11.7. The van der Waals surface area contributed by atoms with Crippen LogP contribution in [0.25, 0.3) is 10.9 Å². The van der Waals surface area contributed by atoms with Crippen molar-refractivity contribution in [3.8, 4) is 11.5 Å². The summed E-state index contributed by atoms with van der Waals surface area (Å²) in [6.45, 7) is 3.55. The topological polar surface area (TPSA) is 57.8 Å². The number of methoxy groups -OCH3 is 2. The first kappa shape index (κ1) is 15.3. The molecule has 4 rings (SSSR count). The van der Waals surface area contributed by atoms with Crippen LogP contribution in [-0.4, -0.2) is 67.1 Å². The Morgan fingerprint density at radius 1 is 1.08 bits per heavy atom. The molecule has 2 aromatic rings. The number of piperazine rings is 1. The zero-order valence-electron chi connectivity index (χ0n) is 14.2. The summed E-state index contributed by atoms with van der Waals surface area (Å²) >= 11 is 0. The van der Waals surface area contributed by atoms with Gasteiger partial charge in [-0.15, -0.1) is 0 Å². The molecule has 1 saturated heterocycles. The normalized spacial score (nSPS) is 18.8. The molecule has 1 N–H and O–H groups in total. The van der Waals surface area contributed by atoms with E-state index in [9.17, 15) is 4.79 Å². The van der Waals surface area contributed by atoms with Gasteiger partial charge in [0.1, 0.15) is 17.2 Å². The number of ether oxygens (including phenoxy) is 2. The lowest BCUT2D eigenvalue weighted by atomic mass is 10.2. The van der Waals surface area contributed by atoms with Crippen molar-refractivity contribution in [1.82, 2.24) is 14.8 Å². The summed E-state index contributed by atoms with van der Waals surface area (Å²) in [5.74, 6) is 1.46. The number of amides is 1. The molecule has 2 heterocycles. The van der Waals surface area contributed by atoms with Crippen molar-refractivity contribution < 1.29 is 14.3 Å². The quantitative estimate of drug-likeness (QED) is 0.933. The summed E-state index contributed by atoms with van der Waals surface area (Å²) in [5, 5.41) is 0.922. The van der Waals surface area contributed by atoms with Crippen LogP contribution in [0.2, 0.25) is 0 Å². The molecule has 0 spiro atoms. The number of fused-ring (bicyclic) bond motifs is 1. The van der Waals surface area contributed by atoms with Crippen LogP contribution in [0.1, 0.15) is 23.3 Å². The summed E-state index contributed by atoms with van der Waals surface area (Å²) in [5.41, 5.74) is 1.44. The minimum atomic E-state index is 0.0580. The van der Waals surface area contributed by atoms with Crippen LogP contribution >= 0.6 is 0 Å². The Morgan fingerprint density at radius 2 is 1.83 bits per heavy atom. The highest BCUT2D eigenvalue weighted by Gasteiger charge is 2.32. The molecular formula is C18H23N3O3. The van der Waals surface area contributed by atoms with Crippen molar-refractivity contribution in [2.75, 3.05) is 40.4 Å². The Hall–Kier alpha value is -2.21. The SMILES string of the molecule is COc1cc(OC)c2[nH]c(C(=O)N3CCN(C4CC4)CC3)cc2c1. The van der Waals surface area contributed by atoms with E-state index in [1.165, 1.54) is 12.8 Å². The number of hydrogen-bond acceptors (Lipinski definition) is 4. The molecule has 0 bridgehead atoms. The van der Waals surface area contributed by atoms with E-state index >= 15 is 0 Å². The van der Waals surface area contributed by atoms with Gasteiger partial charge >= 0.3 is 0 Å². The molecule has 0 atom stereocenters. The van der Waals surface area contributed by atoms with Gasteiger partial charge in [0.25, 0.3) is 5.91 Å². The van der Waals surface area contributed by atoms with Crippen molar-refractivity contribution >= 4 is 16.8 Å². The molecule has 128 valence electrons. The summed E-state index contributed by atoms with van der Waals surface area (Å²) < 4.78 is 10.7. The fourth-order valence-electron chi connectivity index (χ4n) is 3.48. The Labute approximate surface area is 141 Å². The molecule has 24 heavy (non-hydrogen) atoms. The maximum absolute atomic E-state index is 12.8. The third-order valence-electron chi connectivity index (χ3n) is 5.02. The van der Waals surface area contributed by atoms with Gasteiger partial charge < -0.3 is 19.4 Å². The minimum Gasteiger partial charge on any atom is -0.497 e. The maximum Gasteiger partial charge on any atom is 0.270 e. The molecule has 0 radical (unpaired) electrons. The zero-order valence-corrected chi connectivity index (χ0v) is 14.2. The predicted octanol–water partition coefficient (Wildman–Crippen LogP) is 2.11. The highest BCUT2D eigenvalue weighted by molar-refractivity contribution is 6.00. The highest BCUT2D eigenvalue weighted by Crippen LogP contribution is 2.32. The lowest BCUT2D eigenvalue weighted by Gasteiger charge is -2.34. The van der Waals surface area contributed by atoms with E-state index in [1.54, 1.807) is 14.2 Å². The van der Waals surface area contributed by atoms with E-state index < -0.39 is 0 Å². The number of carbonyl (C=O) groups is 1. The second kappa shape index (κ2) is 6.02. The average Bonchev–Trinajstić information content (AvgIpc) is 3.39. The Bertz CT molecular complexity index is 758. The summed E-state index contributed by atoms with van der Waals surface area (Å²) in [7, 11) is 3.24. The number of carbonyl (C=O) groups excluding carboxylic acids is 1. The number of nitrogens with zero attached hydrogens (tertiary/aromatic N) is 2. The van der Waals surface area contributed by atoms with Gasteiger partial charge in [-0.25, -0.2) is 0 Å². The molecule has 6 nitrogen and oxygen atoms in total. The van der Waals surface area contributed by atoms with Crippen molar-refractivity contribution in [1.29, 1.82) is 0 Å². The second-order valence-corrected chi connectivity index (χ2v) is 6.54. The van der Waals surface area contributed by atoms with Crippen molar-refractivity contribution in [3.05, 3.63) is 23.9 Å². The van der Waals surface area contributed by atoms with Crippen LogP contribution < -0.4 is 9.47 Å². The molecule has 0 unspecified atom stereocenters. The number of nitrogens with one attached hydrogen (secondary N) is 1. The summed E-state index contributed by atoms with van der Waals surface area (Å²) in [6.07, 6.45) is 2.63. The predicted molar refractivity (Wildman–Crippen MR) is 91.9 cm³/mol. The van der Waals surface area contributed by atoms with Crippen molar-refractivity contribution in [3.63, 3.8) is 0 Å². The molecule has 2 fully saturated rings. The smallest absolute Gasteiger partial charge is 0.270 e. The number of aromatic nitrogens is 1. The van der Waals surface area contributed by atoms with Gasteiger partial charge in [0.15, 0.2) is 0 Å². The number of aromatic amines is 1. The maximum atomic E-state index is 12.8. The minimum absolute atomic E-state index is 0.0580. The average molecular weight is 329 g/mol. The van der Waals surface area contributed by atoms with E-state index in [4.69, 9.17) is 9.47 Å². The van der Waals surface area contributed by atoms with Gasteiger partial charge in [0.2, 0.25) is 0 Å². The zero-order chi connectivity index (χ0) is 16.7. The van der Waals surface area contributed by atoms with Crippen LogP contribution in [0.3, 0.4) is 0 Å². The number of rotatable bonds is 4. The lowest BCUT2D eigenvalue weighted by Crippen LogP contribution is -2.49. The van der Waals surface area contributed by atoms with E-state index in [1.807, 2.05) is 23.1 Å². The Morgan fingerprint density at radius 3 is 2.46 bits per heavy atom. The van der Waals surface area contributed by atoms with E-state index in [2.05, 4.69) is 9.88 Å².